The Morgan fingerprint density at radius 2 is 2.14 bits per heavy atom. The molecule has 1 aromatic carbocycles. The van der Waals surface area contributed by atoms with Gasteiger partial charge in [0.25, 0.3) is 0 Å². The third-order valence-electron chi connectivity index (χ3n) is 3.25. The summed E-state index contributed by atoms with van der Waals surface area (Å²) in [4.78, 5) is 13.6. The van der Waals surface area contributed by atoms with Crippen LogP contribution in [0.2, 0.25) is 0 Å². The Hall–Kier alpha value is -1.89. The van der Waals surface area contributed by atoms with Gasteiger partial charge in [0.15, 0.2) is 0 Å². The van der Waals surface area contributed by atoms with Crippen LogP contribution in [0, 0.1) is 0 Å². The van der Waals surface area contributed by atoms with Crippen LogP contribution >= 0.6 is 0 Å². The smallest absolute Gasteiger partial charge is 0.410 e. The molecule has 0 aliphatic carbocycles. The van der Waals surface area contributed by atoms with E-state index >= 15 is 0 Å². The number of nitrogens with zero attached hydrogens (tertiary/aromatic N) is 1. The van der Waals surface area contributed by atoms with Crippen LogP contribution in [0.1, 0.15) is 12.5 Å². The van der Waals surface area contributed by atoms with Gasteiger partial charge in [-0.3, -0.25) is 0 Å². The summed E-state index contributed by atoms with van der Waals surface area (Å²) >= 11 is 0. The molecular formula is C14H18F2N2O3. The molecular weight excluding hydrogens is 282 g/mol. The lowest BCUT2D eigenvalue weighted by Crippen LogP contribution is -2.52. The van der Waals surface area contributed by atoms with Crippen molar-refractivity contribution in [3.05, 3.63) is 29.8 Å². The molecule has 0 radical (unpaired) electrons. The number of alkyl halides is 2. The third kappa shape index (κ3) is 4.56. The SMILES string of the molecule is CC1CNCCN1C(=O)OCc1ccc(OC(F)F)cc1. The minimum Gasteiger partial charge on any atom is -0.445 e. The van der Waals surface area contributed by atoms with Crippen LogP contribution in [0.25, 0.3) is 0 Å². The van der Waals surface area contributed by atoms with E-state index in [9.17, 15) is 13.6 Å². The maximum absolute atomic E-state index is 12.0. The summed E-state index contributed by atoms with van der Waals surface area (Å²) in [6, 6.07) is 6.11. The summed E-state index contributed by atoms with van der Waals surface area (Å²) in [6.07, 6.45) is -0.364. The van der Waals surface area contributed by atoms with E-state index in [4.69, 9.17) is 4.74 Å². The van der Waals surface area contributed by atoms with E-state index in [1.807, 2.05) is 6.92 Å². The number of piperazine rings is 1. The molecule has 1 aromatic rings. The van der Waals surface area contributed by atoms with Crippen molar-refractivity contribution < 1.29 is 23.0 Å². The summed E-state index contributed by atoms with van der Waals surface area (Å²) in [5, 5.41) is 3.19. The lowest BCUT2D eigenvalue weighted by atomic mass is 10.2. The second kappa shape index (κ2) is 7.21. The van der Waals surface area contributed by atoms with E-state index in [2.05, 4.69) is 10.1 Å². The highest BCUT2D eigenvalue weighted by Gasteiger charge is 2.24. The Labute approximate surface area is 121 Å². The molecule has 1 aliphatic heterocycles. The van der Waals surface area contributed by atoms with Crippen LogP contribution in [0.15, 0.2) is 24.3 Å². The summed E-state index contributed by atoms with van der Waals surface area (Å²) in [5.74, 6) is 0.0794. The van der Waals surface area contributed by atoms with Crippen LogP contribution in [0.3, 0.4) is 0 Å². The molecule has 1 unspecified atom stereocenters. The molecule has 1 atom stereocenters. The minimum absolute atomic E-state index is 0.0794. The Morgan fingerprint density at radius 1 is 1.43 bits per heavy atom. The fourth-order valence-electron chi connectivity index (χ4n) is 2.11. The number of rotatable bonds is 4. The molecule has 21 heavy (non-hydrogen) atoms. The molecule has 1 aliphatic rings. The lowest BCUT2D eigenvalue weighted by molar-refractivity contribution is -0.0498. The number of carbonyl (C=O) groups is 1. The number of benzene rings is 1. The second-order valence-electron chi connectivity index (χ2n) is 4.82. The molecule has 1 fully saturated rings. The van der Waals surface area contributed by atoms with Gasteiger partial charge >= 0.3 is 12.7 Å². The zero-order valence-corrected chi connectivity index (χ0v) is 11.7. The van der Waals surface area contributed by atoms with Crippen molar-refractivity contribution in [2.45, 2.75) is 26.2 Å². The largest absolute Gasteiger partial charge is 0.445 e. The van der Waals surface area contributed by atoms with E-state index in [-0.39, 0.29) is 24.5 Å². The lowest BCUT2D eigenvalue weighted by Gasteiger charge is -2.32. The van der Waals surface area contributed by atoms with Crippen molar-refractivity contribution in [3.63, 3.8) is 0 Å². The first-order valence-corrected chi connectivity index (χ1v) is 6.74. The standard InChI is InChI=1S/C14H18F2N2O3/c1-10-8-17-6-7-18(10)14(19)20-9-11-2-4-12(5-3-11)21-13(15)16/h2-5,10,13,17H,6-9H2,1H3. The van der Waals surface area contributed by atoms with Gasteiger partial charge in [-0.15, -0.1) is 0 Å². The van der Waals surface area contributed by atoms with Crippen LogP contribution < -0.4 is 10.1 Å². The fourth-order valence-corrected chi connectivity index (χ4v) is 2.11. The number of halogens is 2. The van der Waals surface area contributed by atoms with Gasteiger partial charge in [0, 0.05) is 25.7 Å². The number of hydrogen-bond acceptors (Lipinski definition) is 4. The van der Waals surface area contributed by atoms with Crippen LogP contribution in [0.5, 0.6) is 5.75 Å². The molecule has 116 valence electrons. The molecule has 5 nitrogen and oxygen atoms in total. The van der Waals surface area contributed by atoms with Gasteiger partial charge in [-0.1, -0.05) is 12.1 Å². The molecule has 0 spiro atoms. The summed E-state index contributed by atoms with van der Waals surface area (Å²) < 4.78 is 33.5. The Morgan fingerprint density at radius 3 is 2.76 bits per heavy atom. The zero-order valence-electron chi connectivity index (χ0n) is 11.7. The highest BCUT2D eigenvalue weighted by molar-refractivity contribution is 5.68. The van der Waals surface area contributed by atoms with Gasteiger partial charge in [0.2, 0.25) is 0 Å². The number of ether oxygens (including phenoxy) is 2. The van der Waals surface area contributed by atoms with Crippen molar-refractivity contribution in [1.29, 1.82) is 0 Å². The van der Waals surface area contributed by atoms with Gasteiger partial charge in [0.1, 0.15) is 12.4 Å². The van der Waals surface area contributed by atoms with E-state index in [0.29, 0.717) is 12.1 Å². The molecule has 2 rings (SSSR count). The molecule has 0 aromatic heterocycles. The number of nitrogens with one attached hydrogen (secondary N) is 1. The molecule has 1 heterocycles. The molecule has 7 heteroatoms. The molecule has 1 N–H and O–H groups in total. The molecule has 1 amide bonds. The maximum Gasteiger partial charge on any atom is 0.410 e. The summed E-state index contributed by atoms with van der Waals surface area (Å²) in [7, 11) is 0. The van der Waals surface area contributed by atoms with E-state index in [1.54, 1.807) is 17.0 Å². The highest BCUT2D eigenvalue weighted by atomic mass is 19.3. The molecule has 0 saturated carbocycles. The van der Waals surface area contributed by atoms with Crippen molar-refractivity contribution >= 4 is 6.09 Å². The Balaban J connectivity index is 1.83. The van der Waals surface area contributed by atoms with Gasteiger partial charge in [-0.2, -0.15) is 8.78 Å². The van der Waals surface area contributed by atoms with E-state index in [0.717, 1.165) is 13.1 Å². The van der Waals surface area contributed by atoms with Gasteiger partial charge in [0.05, 0.1) is 0 Å². The first-order valence-electron chi connectivity index (χ1n) is 6.74. The van der Waals surface area contributed by atoms with Crippen molar-refractivity contribution in [1.82, 2.24) is 10.2 Å². The Bertz CT molecular complexity index is 468. The van der Waals surface area contributed by atoms with Crippen molar-refractivity contribution in [2.24, 2.45) is 0 Å². The maximum atomic E-state index is 12.0. The monoisotopic (exact) mass is 300 g/mol. The third-order valence-corrected chi connectivity index (χ3v) is 3.25. The average molecular weight is 300 g/mol. The fraction of sp³-hybridized carbons (Fsp3) is 0.500. The normalized spacial score (nSPS) is 18.7. The van der Waals surface area contributed by atoms with Gasteiger partial charge < -0.3 is 19.7 Å². The van der Waals surface area contributed by atoms with E-state index in [1.165, 1.54) is 12.1 Å². The minimum atomic E-state index is -2.84. The number of amides is 1. The quantitative estimate of drug-likeness (QED) is 0.926. The van der Waals surface area contributed by atoms with Crippen molar-refractivity contribution in [3.8, 4) is 5.75 Å². The first kappa shape index (κ1) is 15.5. The number of carbonyl (C=O) groups excluding carboxylic acids is 1. The van der Waals surface area contributed by atoms with Gasteiger partial charge in [-0.25, -0.2) is 4.79 Å². The molecule has 1 saturated heterocycles. The molecule has 0 bridgehead atoms. The summed E-state index contributed by atoms with van der Waals surface area (Å²) in [5.41, 5.74) is 0.716. The first-order chi connectivity index (χ1) is 10.1. The predicted octanol–water partition coefficient (Wildman–Crippen LogP) is 2.22. The number of hydrogen-bond donors (Lipinski definition) is 1. The van der Waals surface area contributed by atoms with Crippen molar-refractivity contribution in [2.75, 3.05) is 19.6 Å². The van der Waals surface area contributed by atoms with Crippen LogP contribution in [-0.2, 0) is 11.3 Å². The average Bonchev–Trinajstić information content (AvgIpc) is 2.46. The van der Waals surface area contributed by atoms with Crippen LogP contribution in [-0.4, -0.2) is 43.3 Å². The highest BCUT2D eigenvalue weighted by Crippen LogP contribution is 2.16. The van der Waals surface area contributed by atoms with Crippen LogP contribution in [0.4, 0.5) is 13.6 Å². The summed E-state index contributed by atoms with van der Waals surface area (Å²) in [6.45, 7) is 1.31. The topological polar surface area (TPSA) is 50.8 Å². The predicted molar refractivity (Wildman–Crippen MR) is 72.3 cm³/mol. The zero-order chi connectivity index (χ0) is 15.2. The van der Waals surface area contributed by atoms with Gasteiger partial charge in [-0.05, 0) is 24.6 Å². The Kier molecular flexibility index (Phi) is 5.32. The van der Waals surface area contributed by atoms with E-state index < -0.39 is 6.61 Å². The second-order valence-corrected chi connectivity index (χ2v) is 4.82.